The van der Waals surface area contributed by atoms with Crippen molar-refractivity contribution >= 4 is 0 Å². The molecule has 0 aromatic heterocycles. The summed E-state index contributed by atoms with van der Waals surface area (Å²) in [5, 5.41) is 14.3. The van der Waals surface area contributed by atoms with Gasteiger partial charge in [0.1, 0.15) is 0 Å². The van der Waals surface area contributed by atoms with Crippen molar-refractivity contribution in [1.82, 2.24) is 5.32 Å². The van der Waals surface area contributed by atoms with E-state index in [0.29, 0.717) is 6.04 Å². The second kappa shape index (κ2) is 6.58. The van der Waals surface area contributed by atoms with Crippen LogP contribution in [0.2, 0.25) is 0 Å². The largest absolute Gasteiger partial charge is 0.389 e. The van der Waals surface area contributed by atoms with Gasteiger partial charge in [0.05, 0.1) is 5.60 Å². The highest BCUT2D eigenvalue weighted by Gasteiger charge is 2.32. The van der Waals surface area contributed by atoms with Gasteiger partial charge in [0.25, 0.3) is 0 Å². The van der Waals surface area contributed by atoms with Crippen LogP contribution in [0, 0.1) is 17.8 Å². The topological polar surface area (TPSA) is 32.3 Å². The number of hydrogen-bond donors (Lipinski definition) is 2. The van der Waals surface area contributed by atoms with E-state index in [1.54, 1.807) is 0 Å². The summed E-state index contributed by atoms with van der Waals surface area (Å²) in [6, 6.07) is 0.651. The highest BCUT2D eigenvalue weighted by atomic mass is 16.3. The molecule has 2 heteroatoms. The molecule has 2 aliphatic rings. The van der Waals surface area contributed by atoms with Crippen molar-refractivity contribution in [1.29, 1.82) is 0 Å². The Morgan fingerprint density at radius 2 is 1.63 bits per heavy atom. The minimum Gasteiger partial charge on any atom is -0.389 e. The molecular formula is C17H33NO. The van der Waals surface area contributed by atoms with Gasteiger partial charge in [0, 0.05) is 12.6 Å². The standard InChI is InChI=1S/C17H33NO/c1-13(2)15-4-6-16(7-5-15)18-12-17(19)10-8-14(3)9-11-17/h13-16,18-19H,4-12H2,1-3H3. The molecule has 2 rings (SSSR count). The van der Waals surface area contributed by atoms with Crippen LogP contribution in [0.3, 0.4) is 0 Å². The van der Waals surface area contributed by atoms with E-state index in [9.17, 15) is 5.11 Å². The summed E-state index contributed by atoms with van der Waals surface area (Å²) in [6.45, 7) is 7.82. The molecule has 0 bridgehead atoms. The van der Waals surface area contributed by atoms with Gasteiger partial charge in [0.2, 0.25) is 0 Å². The molecule has 0 heterocycles. The van der Waals surface area contributed by atoms with Gasteiger partial charge in [0.15, 0.2) is 0 Å². The Labute approximate surface area is 119 Å². The van der Waals surface area contributed by atoms with Crippen molar-refractivity contribution in [3.8, 4) is 0 Å². The van der Waals surface area contributed by atoms with Gasteiger partial charge in [-0.05, 0) is 69.1 Å². The molecule has 0 spiro atoms. The van der Waals surface area contributed by atoms with Gasteiger partial charge in [-0.15, -0.1) is 0 Å². The van der Waals surface area contributed by atoms with Crippen LogP contribution >= 0.6 is 0 Å². The number of hydrogen-bond acceptors (Lipinski definition) is 2. The Hall–Kier alpha value is -0.0800. The fourth-order valence-corrected chi connectivity index (χ4v) is 3.80. The summed E-state index contributed by atoms with van der Waals surface area (Å²) < 4.78 is 0. The van der Waals surface area contributed by atoms with Crippen molar-refractivity contribution in [3.63, 3.8) is 0 Å². The monoisotopic (exact) mass is 267 g/mol. The van der Waals surface area contributed by atoms with Gasteiger partial charge in [-0.3, -0.25) is 0 Å². The van der Waals surface area contributed by atoms with E-state index in [0.717, 1.165) is 37.1 Å². The van der Waals surface area contributed by atoms with Crippen molar-refractivity contribution in [2.45, 2.75) is 83.8 Å². The van der Waals surface area contributed by atoms with Crippen LogP contribution in [0.15, 0.2) is 0 Å². The first-order valence-corrected chi connectivity index (χ1v) is 8.44. The van der Waals surface area contributed by atoms with E-state index in [1.165, 1.54) is 38.5 Å². The zero-order valence-corrected chi connectivity index (χ0v) is 13.1. The lowest BCUT2D eigenvalue weighted by molar-refractivity contribution is -0.00956. The Morgan fingerprint density at radius 1 is 1.05 bits per heavy atom. The molecular weight excluding hydrogens is 234 g/mol. The molecule has 2 saturated carbocycles. The predicted octanol–water partition coefficient (Wildman–Crippen LogP) is 3.73. The zero-order chi connectivity index (χ0) is 13.9. The molecule has 0 atom stereocenters. The Kier molecular flexibility index (Phi) is 5.30. The first-order chi connectivity index (χ1) is 8.98. The van der Waals surface area contributed by atoms with Crippen LogP contribution in [0.5, 0.6) is 0 Å². The van der Waals surface area contributed by atoms with E-state index < -0.39 is 5.60 Å². The van der Waals surface area contributed by atoms with Crippen LogP contribution in [-0.2, 0) is 0 Å². The van der Waals surface area contributed by atoms with E-state index >= 15 is 0 Å². The smallest absolute Gasteiger partial charge is 0.0771 e. The van der Waals surface area contributed by atoms with Crippen LogP contribution in [0.25, 0.3) is 0 Å². The van der Waals surface area contributed by atoms with Gasteiger partial charge >= 0.3 is 0 Å². The van der Waals surface area contributed by atoms with Crippen LogP contribution in [0.1, 0.15) is 72.1 Å². The number of aliphatic hydroxyl groups is 1. The number of rotatable bonds is 4. The summed E-state index contributed by atoms with van der Waals surface area (Å²) in [6.07, 6.45) is 9.70. The molecule has 0 amide bonds. The van der Waals surface area contributed by atoms with Gasteiger partial charge in [-0.25, -0.2) is 0 Å². The molecule has 2 nitrogen and oxygen atoms in total. The first-order valence-electron chi connectivity index (χ1n) is 8.44. The second-order valence-corrected chi connectivity index (χ2v) is 7.64. The fourth-order valence-electron chi connectivity index (χ4n) is 3.80. The van der Waals surface area contributed by atoms with Gasteiger partial charge in [-0.2, -0.15) is 0 Å². The minimum absolute atomic E-state index is 0.415. The molecule has 0 saturated heterocycles. The highest BCUT2D eigenvalue weighted by Crippen LogP contribution is 2.33. The maximum Gasteiger partial charge on any atom is 0.0771 e. The molecule has 0 aliphatic heterocycles. The summed E-state index contributed by atoms with van der Waals surface area (Å²) in [5.74, 6) is 2.57. The first kappa shape index (κ1) is 15.3. The SMILES string of the molecule is CC1CCC(O)(CNC2CCC(C(C)C)CC2)CC1. The molecule has 0 unspecified atom stereocenters. The molecule has 2 fully saturated rings. The third-order valence-corrected chi connectivity index (χ3v) is 5.64. The summed E-state index contributed by atoms with van der Waals surface area (Å²) in [4.78, 5) is 0. The van der Waals surface area contributed by atoms with Gasteiger partial charge < -0.3 is 10.4 Å². The molecule has 2 N–H and O–H groups in total. The van der Waals surface area contributed by atoms with Crippen LogP contribution < -0.4 is 5.32 Å². The fraction of sp³-hybridized carbons (Fsp3) is 1.00. The molecule has 112 valence electrons. The predicted molar refractivity (Wildman–Crippen MR) is 81.2 cm³/mol. The molecule has 0 aromatic rings. The normalized spacial score (nSPS) is 40.6. The quantitative estimate of drug-likeness (QED) is 0.813. The maximum atomic E-state index is 10.6. The Morgan fingerprint density at radius 3 is 2.16 bits per heavy atom. The van der Waals surface area contributed by atoms with Crippen molar-refractivity contribution in [2.75, 3.05) is 6.54 Å². The second-order valence-electron chi connectivity index (χ2n) is 7.64. The summed E-state index contributed by atoms with van der Waals surface area (Å²) in [7, 11) is 0. The zero-order valence-electron chi connectivity index (χ0n) is 13.1. The van der Waals surface area contributed by atoms with Crippen molar-refractivity contribution in [2.24, 2.45) is 17.8 Å². The average Bonchev–Trinajstić information content (AvgIpc) is 2.41. The van der Waals surface area contributed by atoms with Gasteiger partial charge in [-0.1, -0.05) is 20.8 Å². The third-order valence-electron chi connectivity index (χ3n) is 5.64. The van der Waals surface area contributed by atoms with Crippen LogP contribution in [-0.4, -0.2) is 23.3 Å². The molecule has 2 aliphatic carbocycles. The Balaban J connectivity index is 1.69. The maximum absolute atomic E-state index is 10.6. The van der Waals surface area contributed by atoms with E-state index in [-0.39, 0.29) is 0 Å². The molecule has 0 aromatic carbocycles. The lowest BCUT2D eigenvalue weighted by Crippen LogP contribution is -2.47. The lowest BCUT2D eigenvalue weighted by atomic mass is 9.78. The lowest BCUT2D eigenvalue weighted by Gasteiger charge is -2.38. The summed E-state index contributed by atoms with van der Waals surface area (Å²) >= 11 is 0. The molecule has 0 radical (unpaired) electrons. The van der Waals surface area contributed by atoms with E-state index in [2.05, 4.69) is 26.1 Å². The Bertz CT molecular complexity index is 260. The van der Waals surface area contributed by atoms with E-state index in [4.69, 9.17) is 0 Å². The minimum atomic E-state index is -0.415. The average molecular weight is 267 g/mol. The highest BCUT2D eigenvalue weighted by molar-refractivity contribution is 4.88. The van der Waals surface area contributed by atoms with Crippen LogP contribution in [0.4, 0.5) is 0 Å². The van der Waals surface area contributed by atoms with Crippen molar-refractivity contribution in [3.05, 3.63) is 0 Å². The van der Waals surface area contributed by atoms with E-state index in [1.807, 2.05) is 0 Å². The number of nitrogens with one attached hydrogen (secondary N) is 1. The molecule has 19 heavy (non-hydrogen) atoms. The third kappa shape index (κ3) is 4.46. The van der Waals surface area contributed by atoms with Crippen molar-refractivity contribution < 1.29 is 5.11 Å². The summed E-state index contributed by atoms with van der Waals surface area (Å²) in [5.41, 5.74) is -0.415.